The molecular formula is C16H29NO. The largest absolute Gasteiger partial charge is 0.369 e. The molecule has 104 valence electrons. The average molecular weight is 251 g/mol. The molecule has 2 nitrogen and oxygen atoms in total. The van der Waals surface area contributed by atoms with Crippen molar-refractivity contribution in [2.45, 2.75) is 70.5 Å². The van der Waals surface area contributed by atoms with Gasteiger partial charge in [-0.15, -0.1) is 0 Å². The Labute approximate surface area is 112 Å². The van der Waals surface area contributed by atoms with Gasteiger partial charge in [0.2, 0.25) is 0 Å². The third-order valence-corrected chi connectivity index (χ3v) is 5.52. The maximum absolute atomic E-state index is 6.49. The summed E-state index contributed by atoms with van der Waals surface area (Å²) in [4.78, 5) is 0. The summed E-state index contributed by atoms with van der Waals surface area (Å²) in [6, 6.07) is 0. The summed E-state index contributed by atoms with van der Waals surface area (Å²) in [6.07, 6.45) is 10.2. The number of rotatable bonds is 3. The minimum atomic E-state index is 0.219. The average Bonchev–Trinajstić information content (AvgIpc) is 2.78. The summed E-state index contributed by atoms with van der Waals surface area (Å²) in [5.74, 6) is 2.68. The zero-order valence-electron chi connectivity index (χ0n) is 12.1. The normalized spacial score (nSPS) is 41.5. The fourth-order valence-corrected chi connectivity index (χ4v) is 4.25. The Morgan fingerprint density at radius 1 is 1.22 bits per heavy atom. The molecule has 0 aromatic heterocycles. The molecule has 2 heteroatoms. The summed E-state index contributed by atoms with van der Waals surface area (Å²) < 4.78 is 6.49. The van der Waals surface area contributed by atoms with Gasteiger partial charge in [-0.05, 0) is 37.0 Å². The van der Waals surface area contributed by atoms with Crippen LogP contribution in [0.4, 0.5) is 0 Å². The predicted molar refractivity (Wildman–Crippen MR) is 74.6 cm³/mol. The fraction of sp³-hybridized carbons (Fsp3) is 1.00. The van der Waals surface area contributed by atoms with Gasteiger partial charge < -0.3 is 10.1 Å². The molecule has 0 aromatic carbocycles. The first-order valence-corrected chi connectivity index (χ1v) is 8.05. The van der Waals surface area contributed by atoms with Gasteiger partial charge in [0, 0.05) is 13.1 Å². The van der Waals surface area contributed by atoms with E-state index >= 15 is 0 Å². The maximum Gasteiger partial charge on any atom is 0.0816 e. The molecule has 3 fully saturated rings. The van der Waals surface area contributed by atoms with Crippen LogP contribution in [0.2, 0.25) is 0 Å². The van der Waals surface area contributed by atoms with Gasteiger partial charge in [-0.3, -0.25) is 0 Å². The number of nitrogens with one attached hydrogen (secondary N) is 1. The summed E-state index contributed by atoms with van der Waals surface area (Å²) >= 11 is 0. The highest BCUT2D eigenvalue weighted by Gasteiger charge is 2.49. The summed E-state index contributed by atoms with van der Waals surface area (Å²) in [5, 5.41) is 3.64. The lowest BCUT2D eigenvalue weighted by Crippen LogP contribution is -2.61. The van der Waals surface area contributed by atoms with Crippen LogP contribution in [-0.2, 0) is 4.74 Å². The first-order valence-electron chi connectivity index (χ1n) is 8.05. The molecule has 3 aliphatic rings. The zero-order chi connectivity index (χ0) is 12.6. The lowest BCUT2D eigenvalue weighted by molar-refractivity contribution is -0.189. The highest BCUT2D eigenvalue weighted by Crippen LogP contribution is 2.46. The minimum absolute atomic E-state index is 0.219. The molecule has 0 bridgehead atoms. The lowest BCUT2D eigenvalue weighted by atomic mass is 9.65. The van der Waals surface area contributed by atoms with E-state index in [1.807, 2.05) is 0 Å². The van der Waals surface area contributed by atoms with Gasteiger partial charge in [0.1, 0.15) is 0 Å². The third-order valence-electron chi connectivity index (χ3n) is 5.52. The van der Waals surface area contributed by atoms with Crippen molar-refractivity contribution in [2.24, 2.45) is 17.8 Å². The van der Waals surface area contributed by atoms with Crippen LogP contribution in [0, 0.1) is 17.8 Å². The molecule has 1 spiro atoms. The van der Waals surface area contributed by atoms with E-state index in [1.54, 1.807) is 0 Å². The van der Waals surface area contributed by atoms with Crippen LogP contribution in [0.3, 0.4) is 0 Å². The summed E-state index contributed by atoms with van der Waals surface area (Å²) in [7, 11) is 0. The minimum Gasteiger partial charge on any atom is -0.369 e. The Hall–Kier alpha value is -0.0800. The third kappa shape index (κ3) is 2.60. The molecule has 1 aliphatic heterocycles. The first-order chi connectivity index (χ1) is 8.67. The molecule has 3 rings (SSSR count). The van der Waals surface area contributed by atoms with Gasteiger partial charge in [0.05, 0.1) is 11.7 Å². The molecule has 2 aliphatic carbocycles. The van der Waals surface area contributed by atoms with Crippen molar-refractivity contribution in [1.82, 2.24) is 5.32 Å². The quantitative estimate of drug-likeness (QED) is 0.830. The van der Waals surface area contributed by atoms with Crippen molar-refractivity contribution in [3.63, 3.8) is 0 Å². The Bertz CT molecular complexity index is 277. The van der Waals surface area contributed by atoms with Crippen LogP contribution >= 0.6 is 0 Å². The molecular weight excluding hydrogens is 222 g/mol. The summed E-state index contributed by atoms with van der Waals surface area (Å²) in [5.41, 5.74) is 0.219. The van der Waals surface area contributed by atoms with E-state index in [-0.39, 0.29) is 5.60 Å². The number of morpholine rings is 1. The topological polar surface area (TPSA) is 21.3 Å². The van der Waals surface area contributed by atoms with Crippen molar-refractivity contribution < 1.29 is 4.74 Å². The molecule has 0 radical (unpaired) electrons. The Kier molecular flexibility index (Phi) is 3.68. The van der Waals surface area contributed by atoms with Gasteiger partial charge in [0.15, 0.2) is 0 Å². The van der Waals surface area contributed by atoms with Crippen LogP contribution < -0.4 is 5.32 Å². The molecule has 18 heavy (non-hydrogen) atoms. The van der Waals surface area contributed by atoms with Gasteiger partial charge in [-0.1, -0.05) is 39.5 Å². The molecule has 1 N–H and O–H groups in total. The second-order valence-corrected chi connectivity index (χ2v) is 7.35. The van der Waals surface area contributed by atoms with Crippen molar-refractivity contribution in [2.75, 3.05) is 13.1 Å². The van der Waals surface area contributed by atoms with E-state index in [9.17, 15) is 0 Å². The number of ether oxygens (including phenoxy) is 1. The van der Waals surface area contributed by atoms with Gasteiger partial charge in [0.25, 0.3) is 0 Å². The smallest absolute Gasteiger partial charge is 0.0816 e. The van der Waals surface area contributed by atoms with Gasteiger partial charge in [-0.2, -0.15) is 0 Å². The monoisotopic (exact) mass is 251 g/mol. The lowest BCUT2D eigenvalue weighted by Gasteiger charge is -2.53. The van der Waals surface area contributed by atoms with Crippen LogP contribution in [-0.4, -0.2) is 24.8 Å². The molecule has 1 atom stereocenters. The van der Waals surface area contributed by atoms with Gasteiger partial charge in [-0.25, -0.2) is 0 Å². The molecule has 1 saturated heterocycles. The standard InChI is InChI=1S/C16H29NO/c1-12(2)14-8-16(9-14)11-17-10-15(18-16)7-13-5-3-4-6-13/h12-15,17H,3-11H2,1-2H3. The second-order valence-electron chi connectivity index (χ2n) is 7.35. The van der Waals surface area contributed by atoms with E-state index in [4.69, 9.17) is 4.74 Å². The predicted octanol–water partition coefficient (Wildman–Crippen LogP) is 3.36. The van der Waals surface area contributed by atoms with E-state index < -0.39 is 0 Å². The highest BCUT2D eigenvalue weighted by atomic mass is 16.5. The van der Waals surface area contributed by atoms with E-state index in [2.05, 4.69) is 19.2 Å². The van der Waals surface area contributed by atoms with Gasteiger partial charge >= 0.3 is 0 Å². The van der Waals surface area contributed by atoms with Crippen LogP contribution in [0.5, 0.6) is 0 Å². The summed E-state index contributed by atoms with van der Waals surface area (Å²) in [6.45, 7) is 6.88. The SMILES string of the molecule is CC(C)C1CC2(CNCC(CC3CCCC3)O2)C1. The fourth-order valence-electron chi connectivity index (χ4n) is 4.25. The van der Waals surface area contributed by atoms with E-state index in [0.29, 0.717) is 6.10 Å². The van der Waals surface area contributed by atoms with Crippen molar-refractivity contribution >= 4 is 0 Å². The molecule has 1 unspecified atom stereocenters. The number of hydrogen-bond acceptors (Lipinski definition) is 2. The molecule has 0 aromatic rings. The van der Waals surface area contributed by atoms with Crippen LogP contribution in [0.1, 0.15) is 58.8 Å². The van der Waals surface area contributed by atoms with Crippen LogP contribution in [0.25, 0.3) is 0 Å². The van der Waals surface area contributed by atoms with Crippen molar-refractivity contribution in [3.8, 4) is 0 Å². The van der Waals surface area contributed by atoms with E-state index in [0.717, 1.165) is 30.8 Å². The molecule has 2 saturated carbocycles. The zero-order valence-corrected chi connectivity index (χ0v) is 12.1. The van der Waals surface area contributed by atoms with Crippen LogP contribution in [0.15, 0.2) is 0 Å². The Balaban J connectivity index is 1.50. The van der Waals surface area contributed by atoms with E-state index in [1.165, 1.54) is 44.9 Å². The first kappa shape index (κ1) is 12.9. The molecule has 1 heterocycles. The van der Waals surface area contributed by atoms with Crippen molar-refractivity contribution in [1.29, 1.82) is 0 Å². The van der Waals surface area contributed by atoms with Crippen molar-refractivity contribution in [3.05, 3.63) is 0 Å². The maximum atomic E-state index is 6.49. The Morgan fingerprint density at radius 2 is 1.94 bits per heavy atom. The Morgan fingerprint density at radius 3 is 2.61 bits per heavy atom. The number of hydrogen-bond donors (Lipinski definition) is 1. The highest BCUT2D eigenvalue weighted by molar-refractivity contribution is 5.01. The second kappa shape index (κ2) is 5.13. The molecule has 0 amide bonds.